The van der Waals surface area contributed by atoms with Crippen LogP contribution in [0.3, 0.4) is 0 Å². The summed E-state index contributed by atoms with van der Waals surface area (Å²) in [6.45, 7) is 3.99. The third-order valence-electron chi connectivity index (χ3n) is 3.91. The number of rotatable bonds is 2. The minimum atomic E-state index is -0.425. The number of hydrogen-bond acceptors (Lipinski definition) is 4. The second-order valence-electron chi connectivity index (χ2n) is 5.85. The maximum absolute atomic E-state index is 11.9. The van der Waals surface area contributed by atoms with E-state index >= 15 is 0 Å². The van der Waals surface area contributed by atoms with E-state index in [9.17, 15) is 9.59 Å². The van der Waals surface area contributed by atoms with Crippen LogP contribution in [-0.4, -0.2) is 23.5 Å². The summed E-state index contributed by atoms with van der Waals surface area (Å²) in [6.07, 6.45) is 0.901. The van der Waals surface area contributed by atoms with E-state index in [4.69, 9.17) is 4.74 Å². The summed E-state index contributed by atoms with van der Waals surface area (Å²) in [5, 5.41) is 5.72. The van der Waals surface area contributed by atoms with Gasteiger partial charge in [-0.2, -0.15) is 0 Å². The number of para-hydroxylation sites is 1. The van der Waals surface area contributed by atoms with Gasteiger partial charge in [-0.1, -0.05) is 18.2 Å². The normalized spacial score (nSPS) is 27.7. The molecule has 0 spiro atoms. The molecule has 2 aliphatic heterocycles. The highest BCUT2D eigenvalue weighted by atomic mass is 16.5. The maximum Gasteiger partial charge on any atom is 0.243 e. The molecule has 2 N–H and O–H groups in total. The summed E-state index contributed by atoms with van der Waals surface area (Å²) in [7, 11) is 0. The minimum absolute atomic E-state index is 0.0670. The highest BCUT2D eigenvalue weighted by Gasteiger charge is 2.43. The van der Waals surface area contributed by atoms with E-state index in [0.717, 1.165) is 11.3 Å². The van der Waals surface area contributed by atoms with E-state index in [1.807, 2.05) is 38.1 Å². The highest BCUT2D eigenvalue weighted by molar-refractivity contribution is 6.00. The van der Waals surface area contributed by atoms with Crippen LogP contribution in [-0.2, 0) is 9.59 Å². The molecule has 20 heavy (non-hydrogen) atoms. The third kappa shape index (κ3) is 2.18. The summed E-state index contributed by atoms with van der Waals surface area (Å²) in [5.41, 5.74) is 0.632. The molecule has 0 aromatic heterocycles. The van der Waals surface area contributed by atoms with Crippen molar-refractivity contribution in [1.29, 1.82) is 0 Å². The van der Waals surface area contributed by atoms with Gasteiger partial charge in [0.15, 0.2) is 0 Å². The molecule has 1 fully saturated rings. The second kappa shape index (κ2) is 4.59. The summed E-state index contributed by atoms with van der Waals surface area (Å²) in [6, 6.07) is 7.41. The van der Waals surface area contributed by atoms with E-state index in [0.29, 0.717) is 12.8 Å². The van der Waals surface area contributed by atoms with Gasteiger partial charge in [0, 0.05) is 12.0 Å². The predicted octanol–water partition coefficient (Wildman–Crippen LogP) is 1.29. The number of carbonyl (C=O) groups excluding carboxylic acids is 2. The standard InChI is InChI=1S/C15H18N2O3/c1-15(2)13(9-5-3-4-6-11(9)20-15)16-10-7-8-12(18)17-14(10)19/h3-6,10,13,16H,7-8H2,1-2H3,(H,17,18,19). The molecular formula is C15H18N2O3. The summed E-state index contributed by atoms with van der Waals surface area (Å²) in [5.74, 6) is 0.402. The Balaban J connectivity index is 1.83. The zero-order chi connectivity index (χ0) is 14.3. The van der Waals surface area contributed by atoms with Crippen LogP contribution in [0.1, 0.15) is 38.3 Å². The molecule has 1 saturated heterocycles. The van der Waals surface area contributed by atoms with Gasteiger partial charge in [-0.3, -0.25) is 20.2 Å². The molecule has 0 bridgehead atoms. The van der Waals surface area contributed by atoms with Gasteiger partial charge in [-0.25, -0.2) is 0 Å². The fraction of sp³-hybridized carbons (Fsp3) is 0.467. The van der Waals surface area contributed by atoms with E-state index in [-0.39, 0.29) is 23.9 Å². The van der Waals surface area contributed by atoms with E-state index < -0.39 is 5.60 Å². The van der Waals surface area contributed by atoms with Gasteiger partial charge in [-0.15, -0.1) is 0 Å². The van der Waals surface area contributed by atoms with Crippen LogP contribution in [0.25, 0.3) is 0 Å². The van der Waals surface area contributed by atoms with Crippen molar-refractivity contribution in [3.63, 3.8) is 0 Å². The van der Waals surface area contributed by atoms with E-state index in [2.05, 4.69) is 10.6 Å². The van der Waals surface area contributed by atoms with Crippen molar-refractivity contribution in [3.8, 4) is 5.75 Å². The van der Waals surface area contributed by atoms with Crippen molar-refractivity contribution >= 4 is 11.8 Å². The zero-order valence-electron chi connectivity index (χ0n) is 11.6. The first-order valence-electron chi connectivity index (χ1n) is 6.85. The lowest BCUT2D eigenvalue weighted by molar-refractivity contribution is -0.135. The molecule has 5 nitrogen and oxygen atoms in total. The van der Waals surface area contributed by atoms with Gasteiger partial charge in [-0.05, 0) is 26.3 Å². The number of piperidine rings is 1. The topological polar surface area (TPSA) is 67.4 Å². The van der Waals surface area contributed by atoms with E-state index in [1.165, 1.54) is 0 Å². The maximum atomic E-state index is 11.9. The molecule has 1 aromatic carbocycles. The van der Waals surface area contributed by atoms with Crippen LogP contribution >= 0.6 is 0 Å². The molecule has 3 rings (SSSR count). The third-order valence-corrected chi connectivity index (χ3v) is 3.91. The minimum Gasteiger partial charge on any atom is -0.486 e. The molecule has 0 radical (unpaired) electrons. The van der Waals surface area contributed by atoms with Crippen LogP contribution < -0.4 is 15.4 Å². The van der Waals surface area contributed by atoms with Crippen molar-refractivity contribution in [1.82, 2.24) is 10.6 Å². The lowest BCUT2D eigenvalue weighted by Crippen LogP contribution is -2.54. The van der Waals surface area contributed by atoms with Gasteiger partial charge in [0.05, 0.1) is 12.1 Å². The molecule has 0 saturated carbocycles. The lowest BCUT2D eigenvalue weighted by atomic mass is 9.92. The molecule has 5 heteroatoms. The molecule has 2 heterocycles. The Morgan fingerprint density at radius 1 is 1.30 bits per heavy atom. The number of nitrogens with one attached hydrogen (secondary N) is 2. The quantitative estimate of drug-likeness (QED) is 0.798. The van der Waals surface area contributed by atoms with Crippen molar-refractivity contribution in [2.45, 2.75) is 44.4 Å². The van der Waals surface area contributed by atoms with Crippen LogP contribution in [0, 0.1) is 0 Å². The number of fused-ring (bicyclic) bond motifs is 1. The molecule has 2 amide bonds. The largest absolute Gasteiger partial charge is 0.486 e. The van der Waals surface area contributed by atoms with Crippen molar-refractivity contribution < 1.29 is 14.3 Å². The smallest absolute Gasteiger partial charge is 0.243 e. The van der Waals surface area contributed by atoms with Crippen LogP contribution in [0.15, 0.2) is 24.3 Å². The average Bonchev–Trinajstić information content (AvgIpc) is 2.63. The first-order valence-corrected chi connectivity index (χ1v) is 6.85. The Morgan fingerprint density at radius 2 is 2.05 bits per heavy atom. The fourth-order valence-electron chi connectivity index (χ4n) is 2.87. The first-order chi connectivity index (χ1) is 9.47. The Morgan fingerprint density at radius 3 is 2.80 bits per heavy atom. The molecule has 106 valence electrons. The molecule has 1 aromatic rings. The summed E-state index contributed by atoms with van der Waals surface area (Å²) < 4.78 is 5.94. The molecule has 2 atom stereocenters. The summed E-state index contributed by atoms with van der Waals surface area (Å²) in [4.78, 5) is 23.1. The number of hydrogen-bond donors (Lipinski definition) is 2. The van der Waals surface area contributed by atoms with E-state index in [1.54, 1.807) is 0 Å². The summed E-state index contributed by atoms with van der Waals surface area (Å²) >= 11 is 0. The van der Waals surface area contributed by atoms with Crippen LogP contribution in [0.4, 0.5) is 0 Å². The predicted molar refractivity (Wildman–Crippen MR) is 73.2 cm³/mol. The molecule has 2 unspecified atom stereocenters. The monoisotopic (exact) mass is 274 g/mol. The number of amides is 2. The zero-order valence-corrected chi connectivity index (χ0v) is 11.6. The van der Waals surface area contributed by atoms with Crippen molar-refractivity contribution in [2.24, 2.45) is 0 Å². The van der Waals surface area contributed by atoms with Crippen LogP contribution in [0.2, 0.25) is 0 Å². The second-order valence-corrected chi connectivity index (χ2v) is 5.85. The Hall–Kier alpha value is -1.88. The first kappa shape index (κ1) is 13.1. The van der Waals surface area contributed by atoms with Gasteiger partial charge in [0.25, 0.3) is 0 Å². The van der Waals surface area contributed by atoms with Gasteiger partial charge < -0.3 is 4.74 Å². The molecule has 0 aliphatic carbocycles. The highest BCUT2D eigenvalue weighted by Crippen LogP contribution is 2.43. The van der Waals surface area contributed by atoms with Crippen molar-refractivity contribution in [2.75, 3.05) is 0 Å². The molecule has 2 aliphatic rings. The van der Waals surface area contributed by atoms with Gasteiger partial charge >= 0.3 is 0 Å². The van der Waals surface area contributed by atoms with Crippen molar-refractivity contribution in [3.05, 3.63) is 29.8 Å². The van der Waals surface area contributed by atoms with Gasteiger partial charge in [0.1, 0.15) is 11.4 Å². The Kier molecular flexibility index (Phi) is 3.01. The molecular weight excluding hydrogens is 256 g/mol. The number of benzene rings is 1. The van der Waals surface area contributed by atoms with Gasteiger partial charge in [0.2, 0.25) is 11.8 Å². The number of carbonyl (C=O) groups is 2. The number of imide groups is 1. The Labute approximate surface area is 117 Å². The van der Waals surface area contributed by atoms with Crippen LogP contribution in [0.5, 0.6) is 5.75 Å². The number of ether oxygens (including phenoxy) is 1. The fourth-order valence-corrected chi connectivity index (χ4v) is 2.87. The lowest BCUT2D eigenvalue weighted by Gasteiger charge is -2.32. The average molecular weight is 274 g/mol. The Bertz CT molecular complexity index is 568. The SMILES string of the molecule is CC1(C)Oc2ccccc2C1NC1CCC(=O)NC1=O.